The number of hydrogen-bond donors (Lipinski definition) is 2. The number of hydrogen-bond acceptors (Lipinski definition) is 10. The van der Waals surface area contributed by atoms with E-state index in [9.17, 15) is 14.4 Å². The Hall–Kier alpha value is -5.86. The molecule has 1 unspecified atom stereocenters. The molecule has 52 heavy (non-hydrogen) atoms. The molecule has 14 nitrogen and oxygen atoms in total. The smallest absolute Gasteiger partial charge is 0.411 e. The lowest BCUT2D eigenvalue weighted by atomic mass is 9.95. The summed E-state index contributed by atoms with van der Waals surface area (Å²) in [6, 6.07) is 22.8. The van der Waals surface area contributed by atoms with Crippen LogP contribution in [0.15, 0.2) is 91.3 Å². The summed E-state index contributed by atoms with van der Waals surface area (Å²) in [5.74, 6) is -0.385. The normalized spacial score (nSPS) is 14.6. The third kappa shape index (κ3) is 9.27. The lowest BCUT2D eigenvalue weighted by Gasteiger charge is -2.22. The van der Waals surface area contributed by atoms with Gasteiger partial charge in [-0.3, -0.25) is 10.1 Å². The summed E-state index contributed by atoms with van der Waals surface area (Å²) < 4.78 is 11.7. The van der Waals surface area contributed by atoms with Crippen molar-refractivity contribution in [3.63, 3.8) is 0 Å². The second-order valence-corrected chi connectivity index (χ2v) is 12.7. The fraction of sp³-hybridized carbons (Fsp3) is 0.222. The molecule has 5 aromatic rings. The number of rotatable bonds is 11. The second-order valence-electron chi connectivity index (χ2n) is 11.9. The Morgan fingerprint density at radius 3 is 2.58 bits per heavy atom. The quantitative estimate of drug-likeness (QED) is 0.142. The number of tetrazole rings is 1. The zero-order valence-corrected chi connectivity index (χ0v) is 29.4. The molecule has 1 fully saturated rings. The fourth-order valence-electron chi connectivity index (χ4n) is 5.78. The van der Waals surface area contributed by atoms with Gasteiger partial charge in [0.1, 0.15) is 12.9 Å². The van der Waals surface area contributed by atoms with E-state index in [2.05, 4.69) is 41.1 Å². The highest BCUT2D eigenvalue weighted by Crippen LogP contribution is 2.32. The van der Waals surface area contributed by atoms with E-state index in [0.29, 0.717) is 64.7 Å². The van der Waals surface area contributed by atoms with Gasteiger partial charge in [-0.2, -0.15) is 9.78 Å². The first-order valence-corrected chi connectivity index (χ1v) is 17.0. The first-order valence-electron chi connectivity index (χ1n) is 16.2. The predicted molar refractivity (Wildman–Crippen MR) is 194 cm³/mol. The molecule has 16 heteroatoms. The molecule has 2 aromatic heterocycles. The fourth-order valence-corrected chi connectivity index (χ4v) is 6.16. The highest BCUT2D eigenvalue weighted by atomic mass is 35.5. The summed E-state index contributed by atoms with van der Waals surface area (Å²) in [7, 11) is 1.28. The zero-order valence-electron chi connectivity index (χ0n) is 27.9. The summed E-state index contributed by atoms with van der Waals surface area (Å²) in [6.07, 6.45) is 4.62. The van der Waals surface area contributed by atoms with E-state index >= 15 is 0 Å². The van der Waals surface area contributed by atoms with Crippen molar-refractivity contribution in [3.8, 4) is 16.8 Å². The Morgan fingerprint density at radius 2 is 1.83 bits per heavy atom. The van der Waals surface area contributed by atoms with Gasteiger partial charge in [0.15, 0.2) is 5.15 Å². The third-order valence-corrected chi connectivity index (χ3v) is 8.90. The predicted octanol–water partition coefficient (Wildman–Crippen LogP) is 6.52. The van der Waals surface area contributed by atoms with Crippen molar-refractivity contribution < 1.29 is 23.9 Å². The van der Waals surface area contributed by atoms with Crippen LogP contribution in [-0.2, 0) is 20.9 Å². The SMILES string of the molecule is COC(=O)Nc1ccc(-c2cc([C@H](CC3CCN(C(=O)OCc4ccccc4)C3)NC(=O)C=Cc3cc(Cl)ccc3-n3cnnn3)nnc2Cl)cc1. The molecular formula is C36H33Cl2N9O5. The van der Waals surface area contributed by atoms with Crippen molar-refractivity contribution in [3.05, 3.63) is 118 Å². The number of likely N-dealkylation sites (tertiary alicyclic amines) is 1. The van der Waals surface area contributed by atoms with Crippen LogP contribution in [0.2, 0.25) is 10.2 Å². The van der Waals surface area contributed by atoms with Gasteiger partial charge in [0.05, 0.1) is 24.5 Å². The number of ether oxygens (including phenoxy) is 2. The van der Waals surface area contributed by atoms with Crippen LogP contribution in [0.4, 0.5) is 15.3 Å². The number of nitrogens with zero attached hydrogens (tertiary/aromatic N) is 7. The van der Waals surface area contributed by atoms with Crippen molar-refractivity contribution in [2.45, 2.75) is 25.5 Å². The second kappa shape index (κ2) is 16.9. The summed E-state index contributed by atoms with van der Waals surface area (Å²) >= 11 is 12.8. The molecule has 0 bridgehead atoms. The van der Waals surface area contributed by atoms with E-state index in [1.807, 2.05) is 30.3 Å². The zero-order chi connectivity index (χ0) is 36.5. The lowest BCUT2D eigenvalue weighted by molar-refractivity contribution is -0.117. The molecule has 2 atom stereocenters. The van der Waals surface area contributed by atoms with Gasteiger partial charge in [-0.25, -0.2) is 9.59 Å². The maximum atomic E-state index is 13.5. The van der Waals surface area contributed by atoms with Gasteiger partial charge in [-0.15, -0.1) is 10.2 Å². The Balaban J connectivity index is 1.22. The van der Waals surface area contributed by atoms with E-state index in [0.717, 1.165) is 5.56 Å². The topological polar surface area (TPSA) is 166 Å². The molecule has 0 spiro atoms. The van der Waals surface area contributed by atoms with Gasteiger partial charge in [-0.1, -0.05) is 65.7 Å². The third-order valence-electron chi connectivity index (χ3n) is 8.39. The Labute approximate surface area is 308 Å². The molecule has 3 heterocycles. The molecule has 6 rings (SSSR count). The van der Waals surface area contributed by atoms with E-state index in [1.54, 1.807) is 59.5 Å². The van der Waals surface area contributed by atoms with Crippen LogP contribution >= 0.6 is 23.2 Å². The molecule has 1 saturated heterocycles. The number of carbonyl (C=O) groups is 3. The minimum atomic E-state index is -0.607. The highest BCUT2D eigenvalue weighted by molar-refractivity contribution is 6.32. The lowest BCUT2D eigenvalue weighted by Crippen LogP contribution is -2.32. The molecular weight excluding hydrogens is 709 g/mol. The van der Waals surface area contributed by atoms with E-state index < -0.39 is 24.1 Å². The van der Waals surface area contributed by atoms with Gasteiger partial charge in [0.2, 0.25) is 5.91 Å². The minimum Gasteiger partial charge on any atom is -0.453 e. The average molecular weight is 743 g/mol. The maximum absolute atomic E-state index is 13.5. The summed E-state index contributed by atoms with van der Waals surface area (Å²) in [5, 5.41) is 26.3. The summed E-state index contributed by atoms with van der Waals surface area (Å²) in [4.78, 5) is 39.8. The number of amides is 3. The minimum absolute atomic E-state index is 0.0162. The van der Waals surface area contributed by atoms with Gasteiger partial charge in [-0.05, 0) is 82.8 Å². The number of carbonyl (C=O) groups excluding carboxylic acids is 3. The van der Waals surface area contributed by atoms with Crippen molar-refractivity contribution in [1.82, 2.24) is 40.6 Å². The van der Waals surface area contributed by atoms with Gasteiger partial charge < -0.3 is 19.7 Å². The molecule has 3 amide bonds. The van der Waals surface area contributed by atoms with Crippen molar-refractivity contribution in [2.75, 3.05) is 25.5 Å². The standard InChI is InChI=1S/C36H33Cl2N9O5/c1-51-35(49)40-28-11-7-25(8-12-28)29-19-31(42-43-34(29)38)30(17-24-15-16-46(20-24)36(50)52-21-23-5-3-2-4-6-23)41-33(48)14-9-26-18-27(37)10-13-32(26)47-22-39-44-45-47/h2-14,18-19,22,24,30H,15-17,20-21H2,1H3,(H,40,49)(H,41,48)/t24?,30-/m0/s1. The molecule has 0 radical (unpaired) electrons. The highest BCUT2D eigenvalue weighted by Gasteiger charge is 2.31. The van der Waals surface area contributed by atoms with Gasteiger partial charge in [0, 0.05) is 41.0 Å². The molecule has 0 aliphatic carbocycles. The van der Waals surface area contributed by atoms with Crippen LogP contribution in [0, 0.1) is 5.92 Å². The van der Waals surface area contributed by atoms with E-state index in [1.165, 1.54) is 24.2 Å². The number of nitrogens with one attached hydrogen (secondary N) is 2. The van der Waals surface area contributed by atoms with Crippen molar-refractivity contribution in [1.29, 1.82) is 0 Å². The molecule has 1 aliphatic rings. The monoisotopic (exact) mass is 741 g/mol. The number of benzene rings is 3. The van der Waals surface area contributed by atoms with Crippen LogP contribution in [0.1, 0.15) is 35.7 Å². The van der Waals surface area contributed by atoms with Gasteiger partial charge in [0.25, 0.3) is 0 Å². The first kappa shape index (κ1) is 35.9. The van der Waals surface area contributed by atoms with Crippen molar-refractivity contribution in [2.24, 2.45) is 5.92 Å². The van der Waals surface area contributed by atoms with Crippen LogP contribution < -0.4 is 10.6 Å². The molecule has 0 saturated carbocycles. The Kier molecular flexibility index (Phi) is 11.7. The molecule has 2 N–H and O–H groups in total. The number of aromatic nitrogens is 6. The van der Waals surface area contributed by atoms with Crippen LogP contribution in [0.25, 0.3) is 22.9 Å². The number of halogens is 2. The summed E-state index contributed by atoms with van der Waals surface area (Å²) in [5.41, 5.74) is 4.44. The van der Waals surface area contributed by atoms with Crippen LogP contribution in [0.3, 0.4) is 0 Å². The number of anilines is 1. The summed E-state index contributed by atoms with van der Waals surface area (Å²) in [6.45, 7) is 1.13. The molecule has 1 aliphatic heterocycles. The Bertz CT molecular complexity index is 2050. The van der Waals surface area contributed by atoms with Gasteiger partial charge >= 0.3 is 12.2 Å². The van der Waals surface area contributed by atoms with Crippen LogP contribution in [-0.4, -0.2) is 73.6 Å². The van der Waals surface area contributed by atoms with E-state index in [-0.39, 0.29) is 17.7 Å². The maximum Gasteiger partial charge on any atom is 0.411 e. The van der Waals surface area contributed by atoms with Crippen LogP contribution in [0.5, 0.6) is 0 Å². The Morgan fingerprint density at radius 1 is 1.02 bits per heavy atom. The largest absolute Gasteiger partial charge is 0.453 e. The van der Waals surface area contributed by atoms with Crippen molar-refractivity contribution >= 4 is 53.1 Å². The molecule has 266 valence electrons. The average Bonchev–Trinajstić information content (AvgIpc) is 3.87. The first-order chi connectivity index (χ1) is 25.2. The number of methoxy groups -OCH3 is 1. The molecule has 3 aromatic carbocycles. The van der Waals surface area contributed by atoms with E-state index in [4.69, 9.17) is 27.9 Å².